The third-order valence-corrected chi connectivity index (χ3v) is 9.45. The number of benzene rings is 1. The van der Waals surface area contributed by atoms with Gasteiger partial charge in [-0.3, -0.25) is 9.88 Å². The minimum absolute atomic E-state index is 0.0580. The van der Waals surface area contributed by atoms with E-state index in [2.05, 4.69) is 24.5 Å². The quantitative estimate of drug-likeness (QED) is 0.307. The van der Waals surface area contributed by atoms with E-state index in [1.54, 1.807) is 0 Å². The Morgan fingerprint density at radius 1 is 1.09 bits per heavy atom. The molecule has 0 radical (unpaired) electrons. The Bertz CT molecular complexity index is 1530. The zero-order chi connectivity index (χ0) is 29.9. The summed E-state index contributed by atoms with van der Waals surface area (Å²) >= 11 is 0. The van der Waals surface area contributed by atoms with Gasteiger partial charge in [0.25, 0.3) is 0 Å². The smallest absolute Gasteiger partial charge is 0.497 e. The maximum atomic E-state index is 16.4. The number of ether oxygens (including phenoxy) is 3. The number of hydrogen-bond acceptors (Lipinski definition) is 8. The highest BCUT2D eigenvalue weighted by molar-refractivity contribution is 5.92. The number of fused-ring (bicyclic) bond motifs is 4. The summed E-state index contributed by atoms with van der Waals surface area (Å²) in [4.78, 5) is 17.6. The molecule has 0 N–H and O–H groups in total. The van der Waals surface area contributed by atoms with E-state index in [0.29, 0.717) is 36.0 Å². The van der Waals surface area contributed by atoms with Gasteiger partial charge >= 0.3 is 12.4 Å². The van der Waals surface area contributed by atoms with Crippen molar-refractivity contribution in [2.45, 2.75) is 56.6 Å². The van der Waals surface area contributed by atoms with Crippen LogP contribution in [0.25, 0.3) is 22.2 Å². The van der Waals surface area contributed by atoms with Crippen LogP contribution in [0.3, 0.4) is 0 Å². The van der Waals surface area contributed by atoms with Crippen molar-refractivity contribution in [3.8, 4) is 28.8 Å². The first-order valence-corrected chi connectivity index (χ1v) is 14.7. The molecule has 4 atom stereocenters. The van der Waals surface area contributed by atoms with Crippen LogP contribution < -0.4 is 19.1 Å². The lowest BCUT2D eigenvalue weighted by Gasteiger charge is -2.34. The molecule has 3 aromatic rings. The Morgan fingerprint density at radius 2 is 1.88 bits per heavy atom. The van der Waals surface area contributed by atoms with Gasteiger partial charge in [0, 0.05) is 37.8 Å². The molecule has 1 aromatic carbocycles. The van der Waals surface area contributed by atoms with Crippen LogP contribution in [0.4, 0.5) is 27.8 Å². The molecule has 7 rings (SSSR count). The van der Waals surface area contributed by atoms with E-state index in [0.717, 1.165) is 57.8 Å². The molecule has 3 aliphatic heterocycles. The van der Waals surface area contributed by atoms with Gasteiger partial charge in [0.15, 0.2) is 5.82 Å². The summed E-state index contributed by atoms with van der Waals surface area (Å²) in [5.74, 6) is 0.106. The Balaban J connectivity index is 1.32. The van der Waals surface area contributed by atoms with E-state index < -0.39 is 29.6 Å². The van der Waals surface area contributed by atoms with Crippen LogP contribution in [-0.4, -0.2) is 77.8 Å². The second-order valence-corrected chi connectivity index (χ2v) is 12.2. The predicted molar refractivity (Wildman–Crippen MR) is 148 cm³/mol. The average molecular weight is 606 g/mol. The molecule has 2 aromatic heterocycles. The minimum atomic E-state index is -5.01. The third-order valence-electron chi connectivity index (χ3n) is 9.45. The van der Waals surface area contributed by atoms with Gasteiger partial charge < -0.3 is 19.1 Å². The van der Waals surface area contributed by atoms with E-state index in [-0.39, 0.29) is 35.1 Å². The van der Waals surface area contributed by atoms with Crippen LogP contribution in [0.1, 0.15) is 38.5 Å². The number of alkyl halides is 4. The first kappa shape index (κ1) is 28.3. The summed E-state index contributed by atoms with van der Waals surface area (Å²) in [6, 6.07) is 3.53. The first-order valence-electron chi connectivity index (χ1n) is 14.7. The van der Waals surface area contributed by atoms with Crippen LogP contribution in [0.5, 0.6) is 17.5 Å². The van der Waals surface area contributed by atoms with Crippen LogP contribution in [-0.2, 0) is 0 Å². The standard InChI is InChI=1S/C30H32F5N5O3/c1-41-20-5-6-23(43-30(33,34)35)21(10-20)25-24(32)26-22(12-36-25)27(39-13-17-3-4-18(9-17)14-39)38-28(37-26)42-16-29-7-2-8-40(29)15-19(31)11-29/h5-6,10,12,17-19H,2-4,7-9,11,13-16H2,1H3/t17?,18?,19-,29+/m1/s1. The van der Waals surface area contributed by atoms with E-state index in [1.165, 1.54) is 25.4 Å². The first-order chi connectivity index (χ1) is 20.6. The number of aromatic nitrogens is 3. The zero-order valence-electron chi connectivity index (χ0n) is 23.7. The highest BCUT2D eigenvalue weighted by Gasteiger charge is 2.49. The normalized spacial score (nSPS) is 27.1. The second-order valence-electron chi connectivity index (χ2n) is 12.2. The highest BCUT2D eigenvalue weighted by Crippen LogP contribution is 2.43. The lowest BCUT2D eigenvalue weighted by Crippen LogP contribution is -2.43. The topological polar surface area (TPSA) is 72.8 Å². The van der Waals surface area contributed by atoms with Crippen molar-refractivity contribution in [1.82, 2.24) is 19.9 Å². The molecule has 2 unspecified atom stereocenters. The molecule has 5 heterocycles. The molecule has 230 valence electrons. The number of pyridine rings is 1. The number of halogens is 5. The van der Waals surface area contributed by atoms with Crippen molar-refractivity contribution < 1.29 is 36.2 Å². The lowest BCUT2D eigenvalue weighted by molar-refractivity contribution is -0.274. The maximum absolute atomic E-state index is 16.4. The highest BCUT2D eigenvalue weighted by atomic mass is 19.4. The fourth-order valence-corrected chi connectivity index (χ4v) is 7.58. The summed E-state index contributed by atoms with van der Waals surface area (Å²) in [6.07, 6.45) is 0.879. The molecule has 2 bridgehead atoms. The fraction of sp³-hybridized carbons (Fsp3) is 0.567. The Kier molecular flexibility index (Phi) is 6.98. The molecule has 13 heteroatoms. The number of methoxy groups -OCH3 is 1. The maximum Gasteiger partial charge on any atom is 0.573 e. The summed E-state index contributed by atoms with van der Waals surface area (Å²) in [6.45, 7) is 2.79. The monoisotopic (exact) mass is 605 g/mol. The van der Waals surface area contributed by atoms with Crippen LogP contribution >= 0.6 is 0 Å². The molecule has 0 spiro atoms. The molecule has 1 saturated carbocycles. The summed E-state index contributed by atoms with van der Waals surface area (Å²) in [5.41, 5.74) is -1.21. The SMILES string of the molecule is COc1ccc(OC(F)(F)F)c(-c2ncc3c(N4CC5CCC(C5)C4)nc(OC[C@@]45CCCN4C[C@H](F)C5)nc3c2F)c1. The molecule has 4 fully saturated rings. The van der Waals surface area contributed by atoms with Crippen molar-refractivity contribution in [2.75, 3.05) is 44.8 Å². The van der Waals surface area contributed by atoms with Crippen LogP contribution in [0, 0.1) is 17.7 Å². The number of hydrogen-bond donors (Lipinski definition) is 0. The molecule has 8 nitrogen and oxygen atoms in total. The Hall–Kier alpha value is -3.48. The fourth-order valence-electron chi connectivity index (χ4n) is 7.58. The predicted octanol–water partition coefficient (Wildman–Crippen LogP) is 5.93. The average Bonchev–Trinajstić information content (AvgIpc) is 3.61. The van der Waals surface area contributed by atoms with Gasteiger partial charge in [0.05, 0.1) is 18.0 Å². The number of nitrogens with zero attached hydrogens (tertiary/aromatic N) is 5. The van der Waals surface area contributed by atoms with Crippen LogP contribution in [0.15, 0.2) is 24.4 Å². The summed E-state index contributed by atoms with van der Waals surface area (Å²) in [5, 5.41) is 0.335. The third kappa shape index (κ3) is 5.29. The minimum Gasteiger partial charge on any atom is -0.497 e. The summed E-state index contributed by atoms with van der Waals surface area (Å²) in [7, 11) is 1.35. The number of anilines is 1. The Labute approximate surface area is 245 Å². The summed E-state index contributed by atoms with van der Waals surface area (Å²) < 4.78 is 86.1. The molecule has 3 saturated heterocycles. The van der Waals surface area contributed by atoms with Crippen molar-refractivity contribution in [1.29, 1.82) is 0 Å². The van der Waals surface area contributed by atoms with Crippen molar-refractivity contribution >= 4 is 16.7 Å². The van der Waals surface area contributed by atoms with Gasteiger partial charge in [0.1, 0.15) is 41.3 Å². The number of rotatable bonds is 7. The van der Waals surface area contributed by atoms with E-state index >= 15 is 4.39 Å². The van der Waals surface area contributed by atoms with Gasteiger partial charge in [-0.2, -0.15) is 9.97 Å². The van der Waals surface area contributed by atoms with E-state index in [4.69, 9.17) is 14.5 Å². The zero-order valence-corrected chi connectivity index (χ0v) is 23.7. The van der Waals surface area contributed by atoms with Crippen molar-refractivity contribution in [3.63, 3.8) is 0 Å². The molecule has 4 aliphatic rings. The molecular weight excluding hydrogens is 573 g/mol. The van der Waals surface area contributed by atoms with Crippen molar-refractivity contribution in [3.05, 3.63) is 30.2 Å². The van der Waals surface area contributed by atoms with E-state index in [1.807, 2.05) is 0 Å². The van der Waals surface area contributed by atoms with Crippen molar-refractivity contribution in [2.24, 2.45) is 11.8 Å². The molecule has 43 heavy (non-hydrogen) atoms. The molecule has 0 amide bonds. The number of piperidine rings is 1. The molecule has 1 aliphatic carbocycles. The van der Waals surface area contributed by atoms with Gasteiger partial charge in [-0.1, -0.05) is 0 Å². The van der Waals surface area contributed by atoms with Gasteiger partial charge in [0.2, 0.25) is 0 Å². The van der Waals surface area contributed by atoms with Gasteiger partial charge in [-0.05, 0) is 68.7 Å². The van der Waals surface area contributed by atoms with Gasteiger partial charge in [-0.25, -0.2) is 8.78 Å². The Morgan fingerprint density at radius 3 is 2.63 bits per heavy atom. The molecular formula is C30H32F5N5O3. The van der Waals surface area contributed by atoms with E-state index in [9.17, 15) is 17.6 Å². The van der Waals surface area contributed by atoms with Crippen LogP contribution in [0.2, 0.25) is 0 Å². The van der Waals surface area contributed by atoms with Gasteiger partial charge in [-0.15, -0.1) is 13.2 Å². The second kappa shape index (κ2) is 10.6. The lowest BCUT2D eigenvalue weighted by atomic mass is 9.95. The largest absolute Gasteiger partial charge is 0.573 e.